The van der Waals surface area contributed by atoms with Gasteiger partial charge < -0.3 is 0 Å². The lowest BCUT2D eigenvalue weighted by Gasteiger charge is -2.17. The van der Waals surface area contributed by atoms with E-state index in [-0.39, 0.29) is 0 Å². The lowest BCUT2D eigenvalue weighted by atomic mass is 9.96. The first-order valence-electron chi connectivity index (χ1n) is 10.4. The maximum atomic E-state index is 4.64. The molecule has 144 valence electrons. The monoisotopic (exact) mass is 372 g/mol. The second kappa shape index (κ2) is 7.17. The Morgan fingerprint density at radius 3 is 2.75 bits per heavy atom. The van der Waals surface area contributed by atoms with Crippen molar-refractivity contribution >= 4 is 0 Å². The third-order valence-corrected chi connectivity index (χ3v) is 6.37. The summed E-state index contributed by atoms with van der Waals surface area (Å²) in [6, 6.07) is 13.0. The molecule has 1 aromatic carbocycles. The van der Waals surface area contributed by atoms with Gasteiger partial charge in [0.2, 0.25) is 0 Å². The number of likely N-dealkylation sites (tertiary alicyclic amines) is 1. The number of aromatic nitrogens is 3. The maximum Gasteiger partial charge on any atom is 0.0707 e. The van der Waals surface area contributed by atoms with Crippen LogP contribution >= 0.6 is 0 Å². The van der Waals surface area contributed by atoms with Crippen LogP contribution in [0, 0.1) is 6.92 Å². The van der Waals surface area contributed by atoms with E-state index in [9.17, 15) is 0 Å². The van der Waals surface area contributed by atoms with Crippen LogP contribution in [0.15, 0.2) is 48.8 Å². The van der Waals surface area contributed by atoms with Gasteiger partial charge in [0.25, 0.3) is 0 Å². The summed E-state index contributed by atoms with van der Waals surface area (Å²) in [4.78, 5) is 7.24. The van der Waals surface area contributed by atoms with Gasteiger partial charge in [-0.1, -0.05) is 24.3 Å². The van der Waals surface area contributed by atoms with Crippen LogP contribution < -0.4 is 0 Å². The highest BCUT2D eigenvalue weighted by Crippen LogP contribution is 2.42. The molecule has 0 spiro atoms. The summed E-state index contributed by atoms with van der Waals surface area (Å²) in [5, 5.41) is 4.53. The van der Waals surface area contributed by atoms with Gasteiger partial charge in [0.05, 0.1) is 11.9 Å². The van der Waals surface area contributed by atoms with Crippen molar-refractivity contribution in [3.05, 3.63) is 71.2 Å². The Labute approximate surface area is 167 Å². The number of pyridine rings is 1. The first-order chi connectivity index (χ1) is 13.7. The average molecular weight is 373 g/mol. The molecule has 2 fully saturated rings. The maximum absolute atomic E-state index is 4.64. The van der Waals surface area contributed by atoms with Crippen LogP contribution in [0.5, 0.6) is 0 Å². The van der Waals surface area contributed by atoms with E-state index in [4.69, 9.17) is 0 Å². The molecule has 0 N–H and O–H groups in total. The standard InChI is InChI=1S/C24H28N4/c1-17-5-3-4-6-22(17)23-13-19(9-11-25-23)20-10-12-28(15-20)16-21-14-26-27(2)24(21)18-7-8-18/h3-6,9,11,13-14,18,20H,7-8,10,12,15-16H2,1-2H3/t20-/m1/s1. The number of rotatable bonds is 5. The summed E-state index contributed by atoms with van der Waals surface area (Å²) >= 11 is 0. The lowest BCUT2D eigenvalue weighted by molar-refractivity contribution is 0.325. The quantitative estimate of drug-likeness (QED) is 0.653. The van der Waals surface area contributed by atoms with Crippen molar-refractivity contribution in [2.75, 3.05) is 13.1 Å². The van der Waals surface area contributed by atoms with Gasteiger partial charge in [-0.05, 0) is 61.9 Å². The van der Waals surface area contributed by atoms with Crippen LogP contribution in [0.25, 0.3) is 11.3 Å². The summed E-state index contributed by atoms with van der Waals surface area (Å²) in [6.45, 7) is 5.47. The van der Waals surface area contributed by atoms with E-state index in [0.29, 0.717) is 5.92 Å². The van der Waals surface area contributed by atoms with Crippen molar-refractivity contribution in [3.63, 3.8) is 0 Å². The molecule has 3 heterocycles. The Morgan fingerprint density at radius 2 is 1.93 bits per heavy atom. The van der Waals surface area contributed by atoms with Gasteiger partial charge in [-0.15, -0.1) is 0 Å². The molecule has 1 aliphatic carbocycles. The van der Waals surface area contributed by atoms with Crippen molar-refractivity contribution in [1.82, 2.24) is 19.7 Å². The van der Waals surface area contributed by atoms with Crippen molar-refractivity contribution in [3.8, 4) is 11.3 Å². The van der Waals surface area contributed by atoms with Crippen LogP contribution in [-0.2, 0) is 13.6 Å². The molecular weight excluding hydrogens is 344 g/mol. The van der Waals surface area contributed by atoms with Crippen LogP contribution in [0.2, 0.25) is 0 Å². The van der Waals surface area contributed by atoms with Gasteiger partial charge in [0.1, 0.15) is 0 Å². The van der Waals surface area contributed by atoms with Gasteiger partial charge in [-0.25, -0.2) is 0 Å². The Kier molecular flexibility index (Phi) is 4.52. The Morgan fingerprint density at radius 1 is 1.07 bits per heavy atom. The molecule has 4 heteroatoms. The van der Waals surface area contributed by atoms with Gasteiger partial charge in [0, 0.05) is 49.1 Å². The van der Waals surface area contributed by atoms with E-state index in [1.54, 1.807) is 0 Å². The average Bonchev–Trinajstić information content (AvgIpc) is 3.32. The highest BCUT2D eigenvalue weighted by Gasteiger charge is 2.31. The molecule has 2 aromatic heterocycles. The third-order valence-electron chi connectivity index (χ3n) is 6.37. The Balaban J connectivity index is 1.31. The number of hydrogen-bond donors (Lipinski definition) is 0. The number of aryl methyl sites for hydroxylation is 2. The fourth-order valence-corrected chi connectivity index (χ4v) is 4.70. The number of nitrogens with zero attached hydrogens (tertiary/aromatic N) is 4. The molecule has 28 heavy (non-hydrogen) atoms. The summed E-state index contributed by atoms with van der Waals surface area (Å²) in [6.07, 6.45) is 7.94. The minimum Gasteiger partial charge on any atom is -0.298 e. The van der Waals surface area contributed by atoms with Crippen LogP contribution in [0.1, 0.15) is 53.5 Å². The zero-order valence-electron chi connectivity index (χ0n) is 16.8. The molecule has 0 bridgehead atoms. The van der Waals surface area contributed by atoms with E-state index < -0.39 is 0 Å². The third kappa shape index (κ3) is 3.37. The molecular formula is C24H28N4. The number of hydrogen-bond acceptors (Lipinski definition) is 3. The SMILES string of the molecule is Cc1ccccc1-c1cc([C@@H]2CCN(Cc3cnn(C)c3C3CC3)C2)ccn1. The fourth-order valence-electron chi connectivity index (χ4n) is 4.70. The van der Waals surface area contributed by atoms with Crippen molar-refractivity contribution in [2.24, 2.45) is 7.05 Å². The molecule has 4 nitrogen and oxygen atoms in total. The lowest BCUT2D eigenvalue weighted by Crippen LogP contribution is -2.20. The summed E-state index contributed by atoms with van der Waals surface area (Å²) in [7, 11) is 2.09. The fraction of sp³-hybridized carbons (Fsp3) is 0.417. The summed E-state index contributed by atoms with van der Waals surface area (Å²) < 4.78 is 2.10. The predicted molar refractivity (Wildman–Crippen MR) is 112 cm³/mol. The van der Waals surface area contributed by atoms with E-state index >= 15 is 0 Å². The largest absolute Gasteiger partial charge is 0.298 e. The molecule has 1 saturated heterocycles. The van der Waals surface area contributed by atoms with Crippen LogP contribution in [0.4, 0.5) is 0 Å². The molecule has 3 aromatic rings. The molecule has 1 aliphatic heterocycles. The van der Waals surface area contributed by atoms with Crippen molar-refractivity contribution < 1.29 is 0 Å². The molecule has 1 atom stereocenters. The zero-order valence-corrected chi connectivity index (χ0v) is 16.8. The van der Waals surface area contributed by atoms with E-state index in [1.165, 1.54) is 47.2 Å². The van der Waals surface area contributed by atoms with Gasteiger partial charge >= 0.3 is 0 Å². The molecule has 0 radical (unpaired) electrons. The van der Waals surface area contributed by atoms with Crippen molar-refractivity contribution in [2.45, 2.75) is 44.6 Å². The van der Waals surface area contributed by atoms with Crippen molar-refractivity contribution in [1.29, 1.82) is 0 Å². The highest BCUT2D eigenvalue weighted by molar-refractivity contribution is 5.63. The molecule has 0 unspecified atom stereocenters. The summed E-state index contributed by atoms with van der Waals surface area (Å²) in [5.74, 6) is 1.34. The Bertz CT molecular complexity index is 986. The smallest absolute Gasteiger partial charge is 0.0707 e. The zero-order chi connectivity index (χ0) is 19.1. The van der Waals surface area contributed by atoms with Crippen LogP contribution in [-0.4, -0.2) is 32.8 Å². The van der Waals surface area contributed by atoms with Crippen LogP contribution in [0.3, 0.4) is 0 Å². The molecule has 2 aliphatic rings. The van der Waals surface area contributed by atoms with E-state index in [0.717, 1.165) is 31.2 Å². The van der Waals surface area contributed by atoms with E-state index in [2.05, 4.69) is 76.2 Å². The summed E-state index contributed by atoms with van der Waals surface area (Å²) in [5.41, 5.74) is 7.94. The first kappa shape index (κ1) is 17.6. The predicted octanol–water partition coefficient (Wildman–Crippen LogP) is 4.66. The minimum atomic E-state index is 0.590. The number of benzene rings is 1. The highest BCUT2D eigenvalue weighted by atomic mass is 15.3. The Hall–Kier alpha value is -2.46. The van der Waals surface area contributed by atoms with E-state index in [1.807, 2.05) is 6.20 Å². The second-order valence-electron chi connectivity index (χ2n) is 8.46. The minimum absolute atomic E-state index is 0.590. The van der Waals surface area contributed by atoms with Gasteiger partial charge in [-0.2, -0.15) is 5.10 Å². The second-order valence-corrected chi connectivity index (χ2v) is 8.46. The van der Waals surface area contributed by atoms with Gasteiger partial charge in [-0.3, -0.25) is 14.6 Å². The molecule has 1 saturated carbocycles. The molecule has 5 rings (SSSR count). The topological polar surface area (TPSA) is 34.0 Å². The normalized spacial score (nSPS) is 20.0. The first-order valence-corrected chi connectivity index (χ1v) is 10.4. The molecule has 0 amide bonds. The van der Waals surface area contributed by atoms with Gasteiger partial charge in [0.15, 0.2) is 0 Å².